The van der Waals surface area contributed by atoms with Crippen LogP contribution in [0.2, 0.25) is 0 Å². The number of carbonyl (C=O) groups excluding carboxylic acids is 1. The average molecular weight is 174 g/mol. The van der Waals surface area contributed by atoms with Crippen molar-refractivity contribution in [3.8, 4) is 0 Å². The monoisotopic (exact) mass is 174 g/mol. The van der Waals surface area contributed by atoms with Gasteiger partial charge >= 0.3 is 5.92 Å². The normalized spacial score (nSPS) is 11.7. The third-order valence-corrected chi connectivity index (χ3v) is 1.42. The van der Waals surface area contributed by atoms with E-state index in [-0.39, 0.29) is 5.82 Å². The zero-order valence-corrected chi connectivity index (χ0v) is 6.71. The summed E-state index contributed by atoms with van der Waals surface area (Å²) in [5, 5.41) is 0. The van der Waals surface area contributed by atoms with Gasteiger partial charge in [-0.2, -0.15) is 8.78 Å². The smallest absolute Gasteiger partial charge is 0.310 e. The molecule has 0 fully saturated rings. The van der Waals surface area contributed by atoms with Crippen LogP contribution in [-0.2, 0) is 7.05 Å². The van der Waals surface area contributed by atoms with Crippen LogP contribution in [0.1, 0.15) is 17.5 Å². The molecule has 3 nitrogen and oxygen atoms in total. The van der Waals surface area contributed by atoms with Crippen molar-refractivity contribution in [1.29, 1.82) is 0 Å². The maximum atomic E-state index is 12.5. The predicted molar refractivity (Wildman–Crippen MR) is 38.2 cm³/mol. The number of Topliss-reactive ketones (excluding diaryl/α,β-unsaturated/α-hetero) is 1. The lowest BCUT2D eigenvalue weighted by atomic mass is 10.2. The van der Waals surface area contributed by atoms with Crippen molar-refractivity contribution in [2.24, 2.45) is 7.05 Å². The Morgan fingerprint density at radius 1 is 1.67 bits per heavy atom. The molecule has 0 N–H and O–H groups in total. The number of hydrogen-bond acceptors (Lipinski definition) is 2. The van der Waals surface area contributed by atoms with E-state index in [0.717, 1.165) is 0 Å². The number of aromatic nitrogens is 2. The van der Waals surface area contributed by atoms with Crippen LogP contribution in [0.15, 0.2) is 12.4 Å². The second kappa shape index (κ2) is 2.66. The maximum absolute atomic E-state index is 12.5. The number of halogens is 2. The third kappa shape index (κ3) is 1.49. The first kappa shape index (κ1) is 8.83. The van der Waals surface area contributed by atoms with E-state index >= 15 is 0 Å². The van der Waals surface area contributed by atoms with Gasteiger partial charge in [0, 0.05) is 26.4 Å². The number of alkyl halides is 2. The third-order valence-electron chi connectivity index (χ3n) is 1.42. The molecule has 0 spiro atoms. The molecule has 5 heteroatoms. The first-order valence-electron chi connectivity index (χ1n) is 3.33. The molecule has 0 radical (unpaired) electrons. The molecule has 1 aromatic heterocycles. The zero-order valence-electron chi connectivity index (χ0n) is 6.71. The fourth-order valence-electron chi connectivity index (χ4n) is 0.781. The molecule has 0 aliphatic heterocycles. The molecule has 0 atom stereocenters. The van der Waals surface area contributed by atoms with Crippen LogP contribution in [0, 0.1) is 0 Å². The van der Waals surface area contributed by atoms with Crippen molar-refractivity contribution in [2.45, 2.75) is 12.8 Å². The van der Waals surface area contributed by atoms with Gasteiger partial charge < -0.3 is 4.57 Å². The number of carbonyl (C=O) groups is 1. The molecule has 12 heavy (non-hydrogen) atoms. The van der Waals surface area contributed by atoms with Crippen LogP contribution in [-0.4, -0.2) is 21.3 Å². The predicted octanol–water partition coefficient (Wildman–Crippen LogP) is 1.26. The van der Waals surface area contributed by atoms with Gasteiger partial charge in [0.1, 0.15) is 0 Å². The molecule has 0 aliphatic carbocycles. The lowest BCUT2D eigenvalue weighted by Crippen LogP contribution is -2.27. The lowest BCUT2D eigenvalue weighted by Gasteiger charge is -2.07. The largest absolute Gasteiger partial charge is 0.331 e. The van der Waals surface area contributed by atoms with E-state index in [0.29, 0.717) is 6.92 Å². The van der Waals surface area contributed by atoms with Gasteiger partial charge in [-0.3, -0.25) is 4.79 Å². The Hall–Kier alpha value is -1.26. The zero-order chi connectivity index (χ0) is 9.35. The first-order chi connectivity index (χ1) is 5.43. The van der Waals surface area contributed by atoms with E-state index < -0.39 is 11.7 Å². The Morgan fingerprint density at radius 3 is 2.58 bits per heavy atom. The minimum atomic E-state index is -3.35. The summed E-state index contributed by atoms with van der Waals surface area (Å²) in [4.78, 5) is 14.4. The highest BCUT2D eigenvalue weighted by Gasteiger charge is 2.35. The Labute approximate surface area is 68.0 Å². The molecule has 1 aromatic rings. The van der Waals surface area contributed by atoms with Crippen molar-refractivity contribution in [3.63, 3.8) is 0 Å². The number of imidazole rings is 1. The number of ketones is 1. The van der Waals surface area contributed by atoms with Gasteiger partial charge in [-0.1, -0.05) is 0 Å². The van der Waals surface area contributed by atoms with Crippen molar-refractivity contribution in [2.75, 3.05) is 0 Å². The fraction of sp³-hybridized carbons (Fsp3) is 0.429. The van der Waals surface area contributed by atoms with E-state index in [1.54, 1.807) is 0 Å². The van der Waals surface area contributed by atoms with Crippen LogP contribution < -0.4 is 0 Å². The highest BCUT2D eigenvalue weighted by Crippen LogP contribution is 2.17. The number of rotatable bonds is 2. The first-order valence-corrected chi connectivity index (χ1v) is 3.33. The Morgan fingerprint density at radius 2 is 2.25 bits per heavy atom. The topological polar surface area (TPSA) is 34.9 Å². The van der Waals surface area contributed by atoms with Crippen LogP contribution in [0.5, 0.6) is 0 Å². The van der Waals surface area contributed by atoms with Gasteiger partial charge in [0.2, 0.25) is 0 Å². The molecule has 0 saturated carbocycles. The SMILES string of the molecule is Cn1ccnc1C(=O)C(C)(F)F. The minimum absolute atomic E-state index is 0.220. The molecular weight excluding hydrogens is 166 g/mol. The van der Waals surface area contributed by atoms with Crippen molar-refractivity contribution < 1.29 is 13.6 Å². The van der Waals surface area contributed by atoms with E-state index in [9.17, 15) is 13.6 Å². The average Bonchev–Trinajstić information content (AvgIpc) is 2.31. The molecule has 0 unspecified atom stereocenters. The summed E-state index contributed by atoms with van der Waals surface area (Å²) in [5.74, 6) is -4.82. The van der Waals surface area contributed by atoms with E-state index in [2.05, 4.69) is 4.98 Å². The van der Waals surface area contributed by atoms with Crippen molar-refractivity contribution >= 4 is 5.78 Å². The van der Waals surface area contributed by atoms with Gasteiger partial charge in [0.05, 0.1) is 0 Å². The van der Waals surface area contributed by atoms with Gasteiger partial charge in [-0.15, -0.1) is 0 Å². The van der Waals surface area contributed by atoms with Crippen LogP contribution in [0.4, 0.5) is 8.78 Å². The number of nitrogens with zero attached hydrogens (tertiary/aromatic N) is 2. The van der Waals surface area contributed by atoms with Crippen LogP contribution in [0.3, 0.4) is 0 Å². The van der Waals surface area contributed by atoms with Crippen LogP contribution in [0.25, 0.3) is 0 Å². The summed E-state index contributed by atoms with van der Waals surface area (Å²) in [5.41, 5.74) is 0. The molecule has 0 aliphatic rings. The van der Waals surface area contributed by atoms with Crippen molar-refractivity contribution in [3.05, 3.63) is 18.2 Å². The molecular formula is C7H8F2N2O. The molecule has 1 rings (SSSR count). The lowest BCUT2D eigenvalue weighted by molar-refractivity contribution is 0.0207. The van der Waals surface area contributed by atoms with Crippen LogP contribution >= 0.6 is 0 Å². The van der Waals surface area contributed by atoms with E-state index in [1.165, 1.54) is 24.0 Å². The van der Waals surface area contributed by atoms with Gasteiger partial charge in [-0.25, -0.2) is 4.98 Å². The second-order valence-electron chi connectivity index (χ2n) is 2.58. The standard InChI is InChI=1S/C7H8F2N2O/c1-7(8,9)5(12)6-10-3-4-11(6)2/h3-4H,1-2H3. The summed E-state index contributed by atoms with van der Waals surface area (Å²) in [6, 6.07) is 0. The Balaban J connectivity index is 3.01. The quantitative estimate of drug-likeness (QED) is 0.632. The minimum Gasteiger partial charge on any atom is -0.331 e. The molecule has 0 aromatic carbocycles. The molecule has 1 heterocycles. The number of aryl methyl sites for hydroxylation is 1. The molecule has 0 saturated heterocycles. The molecule has 0 amide bonds. The summed E-state index contributed by atoms with van der Waals surface area (Å²) >= 11 is 0. The molecule has 0 bridgehead atoms. The summed E-state index contributed by atoms with van der Waals surface area (Å²) < 4.78 is 26.2. The summed E-state index contributed by atoms with van der Waals surface area (Å²) in [6.45, 7) is 0.560. The van der Waals surface area contributed by atoms with Crippen molar-refractivity contribution in [1.82, 2.24) is 9.55 Å². The number of hydrogen-bond donors (Lipinski definition) is 0. The van der Waals surface area contributed by atoms with E-state index in [4.69, 9.17) is 0 Å². The highest BCUT2D eigenvalue weighted by molar-refractivity contribution is 5.98. The van der Waals surface area contributed by atoms with Gasteiger partial charge in [0.25, 0.3) is 5.78 Å². The second-order valence-corrected chi connectivity index (χ2v) is 2.58. The van der Waals surface area contributed by atoms with Gasteiger partial charge in [0.15, 0.2) is 5.82 Å². The van der Waals surface area contributed by atoms with Gasteiger partial charge in [-0.05, 0) is 0 Å². The highest BCUT2D eigenvalue weighted by atomic mass is 19.3. The molecule has 66 valence electrons. The summed E-state index contributed by atoms with van der Waals surface area (Å²) in [6.07, 6.45) is 2.75. The summed E-state index contributed by atoms with van der Waals surface area (Å²) in [7, 11) is 1.49. The van der Waals surface area contributed by atoms with E-state index in [1.807, 2.05) is 0 Å². The Kier molecular flexibility index (Phi) is 1.95. The maximum Gasteiger partial charge on any atom is 0.310 e. The Bertz CT molecular complexity index is 301. The fourth-order valence-corrected chi connectivity index (χ4v) is 0.781.